The van der Waals surface area contributed by atoms with E-state index in [4.69, 9.17) is 9.66 Å². The molecule has 68 valence electrons. The van der Waals surface area contributed by atoms with Crippen molar-refractivity contribution >= 4 is 10.1 Å². The van der Waals surface area contributed by atoms with Crippen LogP contribution in [0.5, 0.6) is 0 Å². The minimum atomic E-state index is -4.07. The largest absolute Gasteiger partial charge is 0.344 e. The van der Waals surface area contributed by atoms with Crippen LogP contribution in [-0.4, -0.2) is 55.7 Å². The van der Waals surface area contributed by atoms with Gasteiger partial charge in [0.1, 0.15) is 0 Å². The van der Waals surface area contributed by atoms with Crippen LogP contribution in [0.25, 0.3) is 0 Å². The molecule has 0 aliphatic heterocycles. The van der Waals surface area contributed by atoms with Crippen molar-refractivity contribution in [3.63, 3.8) is 0 Å². The first kappa shape index (κ1) is 10.8. The minimum absolute atomic E-state index is 0.0831. The van der Waals surface area contributed by atoms with Gasteiger partial charge in [-0.3, -0.25) is 4.55 Å². The van der Waals surface area contributed by atoms with Crippen molar-refractivity contribution in [2.24, 2.45) is 0 Å². The van der Waals surface area contributed by atoms with Gasteiger partial charge in [-0.15, -0.1) is 0 Å². The molecule has 5 nitrogen and oxygen atoms in total. The molecule has 11 heavy (non-hydrogen) atoms. The summed E-state index contributed by atoms with van der Waals surface area (Å²) in [5.41, 5.74) is 0. The number of nitrogens with zero attached hydrogens (tertiary/aromatic N) is 1. The summed E-state index contributed by atoms with van der Waals surface area (Å²) in [5.74, 6) is -0.628. The van der Waals surface area contributed by atoms with Gasteiger partial charge in [-0.05, 0) is 0 Å². The molecule has 0 radical (unpaired) electrons. The SMILES string of the molecule is C[N+](C)(C)C(O)CS(=O)(=O)O. The third kappa shape index (κ3) is 5.14. The van der Waals surface area contributed by atoms with Crippen LogP contribution >= 0.6 is 0 Å². The van der Waals surface area contributed by atoms with Crippen LogP contribution in [0.15, 0.2) is 0 Å². The van der Waals surface area contributed by atoms with Gasteiger partial charge >= 0.3 is 0 Å². The Morgan fingerprint density at radius 2 is 1.73 bits per heavy atom. The van der Waals surface area contributed by atoms with E-state index in [1.807, 2.05) is 0 Å². The molecule has 0 spiro atoms. The predicted molar refractivity (Wildman–Crippen MR) is 40.5 cm³/mol. The van der Waals surface area contributed by atoms with Crippen molar-refractivity contribution in [1.82, 2.24) is 0 Å². The predicted octanol–water partition coefficient (Wildman–Crippen LogP) is -1.10. The number of hydrogen-bond acceptors (Lipinski definition) is 3. The van der Waals surface area contributed by atoms with Gasteiger partial charge < -0.3 is 9.59 Å². The molecule has 0 aromatic rings. The van der Waals surface area contributed by atoms with Crippen molar-refractivity contribution in [3.05, 3.63) is 0 Å². The Kier molecular flexibility index (Phi) is 3.01. The lowest BCUT2D eigenvalue weighted by Gasteiger charge is -2.28. The van der Waals surface area contributed by atoms with Crippen LogP contribution in [-0.2, 0) is 10.1 Å². The first-order valence-corrected chi connectivity index (χ1v) is 4.68. The lowest BCUT2D eigenvalue weighted by Crippen LogP contribution is -2.48. The molecule has 0 bridgehead atoms. The number of rotatable bonds is 3. The standard InChI is InChI=1S/C5H13NO4S/c1-6(2,3)5(7)4-11(8,9)10/h5,7H,4H2,1-3H3/p+1. The molecular formula is C5H14NO4S+. The smallest absolute Gasteiger partial charge is 0.273 e. The van der Waals surface area contributed by atoms with E-state index in [0.717, 1.165) is 0 Å². The monoisotopic (exact) mass is 184 g/mol. The van der Waals surface area contributed by atoms with Crippen LogP contribution in [0.3, 0.4) is 0 Å². The highest BCUT2D eigenvalue weighted by Gasteiger charge is 2.25. The highest BCUT2D eigenvalue weighted by Crippen LogP contribution is 2.01. The summed E-state index contributed by atoms with van der Waals surface area (Å²) in [7, 11) is 0.832. The minimum Gasteiger partial charge on any atom is -0.344 e. The van der Waals surface area contributed by atoms with Crippen LogP contribution in [0, 0.1) is 0 Å². The van der Waals surface area contributed by atoms with Gasteiger partial charge in [-0.2, -0.15) is 8.42 Å². The zero-order chi connectivity index (χ0) is 9.28. The van der Waals surface area contributed by atoms with Gasteiger partial charge in [0.2, 0.25) is 6.23 Å². The molecular weight excluding hydrogens is 170 g/mol. The van der Waals surface area contributed by atoms with Crippen molar-refractivity contribution in [2.75, 3.05) is 26.9 Å². The maximum absolute atomic E-state index is 10.3. The Balaban J connectivity index is 4.21. The lowest BCUT2D eigenvalue weighted by molar-refractivity contribution is -0.915. The van der Waals surface area contributed by atoms with Gasteiger partial charge in [-0.25, -0.2) is 0 Å². The summed E-state index contributed by atoms with van der Waals surface area (Å²) < 4.78 is 29.0. The summed E-state index contributed by atoms with van der Waals surface area (Å²) in [5, 5.41) is 9.15. The van der Waals surface area contributed by atoms with E-state index in [0.29, 0.717) is 0 Å². The Morgan fingerprint density at radius 1 is 1.36 bits per heavy atom. The Bertz CT molecular complexity index is 215. The molecule has 0 fully saturated rings. The average molecular weight is 184 g/mol. The Hall–Kier alpha value is -0.170. The van der Waals surface area contributed by atoms with Gasteiger partial charge in [0.25, 0.3) is 10.1 Å². The number of hydrogen-bond donors (Lipinski definition) is 2. The second-order valence-corrected chi connectivity index (χ2v) is 4.84. The fourth-order valence-corrected chi connectivity index (χ4v) is 1.24. The highest BCUT2D eigenvalue weighted by molar-refractivity contribution is 7.85. The first-order valence-electron chi connectivity index (χ1n) is 3.07. The summed E-state index contributed by atoms with van der Waals surface area (Å²) in [6.45, 7) is 0. The topological polar surface area (TPSA) is 74.6 Å². The fraction of sp³-hybridized carbons (Fsp3) is 1.00. The molecule has 0 amide bonds. The Morgan fingerprint density at radius 3 is 1.82 bits per heavy atom. The second kappa shape index (κ2) is 3.06. The van der Waals surface area contributed by atoms with E-state index in [-0.39, 0.29) is 4.48 Å². The lowest BCUT2D eigenvalue weighted by atomic mass is 10.5. The van der Waals surface area contributed by atoms with Crippen molar-refractivity contribution < 1.29 is 22.6 Å². The quantitative estimate of drug-likeness (QED) is 0.331. The van der Waals surface area contributed by atoms with Gasteiger partial charge in [0.05, 0.1) is 21.1 Å². The maximum atomic E-state index is 10.3. The average Bonchev–Trinajstić information content (AvgIpc) is 1.56. The molecule has 0 aliphatic carbocycles. The molecule has 1 atom stereocenters. The van der Waals surface area contributed by atoms with Crippen LogP contribution in [0.2, 0.25) is 0 Å². The number of aliphatic hydroxyl groups is 1. The first-order chi connectivity index (χ1) is 4.63. The van der Waals surface area contributed by atoms with Crippen molar-refractivity contribution in [2.45, 2.75) is 6.23 Å². The maximum Gasteiger partial charge on any atom is 0.273 e. The summed E-state index contributed by atoms with van der Waals surface area (Å²) in [4.78, 5) is 0. The third-order valence-electron chi connectivity index (χ3n) is 1.25. The van der Waals surface area contributed by atoms with Gasteiger partial charge in [0, 0.05) is 0 Å². The Labute approximate surface area is 66.6 Å². The number of quaternary nitrogens is 1. The van der Waals surface area contributed by atoms with Crippen LogP contribution in [0.1, 0.15) is 0 Å². The van der Waals surface area contributed by atoms with E-state index in [1.54, 1.807) is 21.1 Å². The molecule has 1 unspecified atom stereocenters. The van der Waals surface area contributed by atoms with Gasteiger partial charge in [0.15, 0.2) is 5.75 Å². The molecule has 2 N–H and O–H groups in total. The van der Waals surface area contributed by atoms with Crippen LogP contribution < -0.4 is 0 Å². The molecule has 0 saturated heterocycles. The highest BCUT2D eigenvalue weighted by atomic mass is 32.2. The molecule has 0 aliphatic rings. The summed E-state index contributed by atoms with van der Waals surface area (Å²) in [6, 6.07) is 0. The molecule has 6 heteroatoms. The molecule has 0 aromatic carbocycles. The normalized spacial score (nSPS) is 16.5. The summed E-state index contributed by atoms with van der Waals surface area (Å²) >= 11 is 0. The summed E-state index contributed by atoms with van der Waals surface area (Å²) in [6.07, 6.45) is -1.09. The third-order valence-corrected chi connectivity index (χ3v) is 1.97. The van der Waals surface area contributed by atoms with E-state index < -0.39 is 22.1 Å². The van der Waals surface area contributed by atoms with E-state index >= 15 is 0 Å². The molecule has 0 saturated carbocycles. The zero-order valence-electron chi connectivity index (χ0n) is 6.85. The zero-order valence-corrected chi connectivity index (χ0v) is 7.67. The van der Waals surface area contributed by atoms with E-state index in [1.165, 1.54) is 0 Å². The van der Waals surface area contributed by atoms with Gasteiger partial charge in [-0.1, -0.05) is 0 Å². The van der Waals surface area contributed by atoms with E-state index in [9.17, 15) is 8.42 Å². The second-order valence-electron chi connectivity index (χ2n) is 3.35. The molecule has 0 heterocycles. The fourth-order valence-electron chi connectivity index (χ4n) is 0.412. The van der Waals surface area contributed by atoms with Crippen LogP contribution in [0.4, 0.5) is 0 Å². The molecule has 0 rings (SSSR count). The molecule has 0 aromatic heterocycles. The number of aliphatic hydroxyl groups excluding tert-OH is 1. The van der Waals surface area contributed by atoms with Crippen molar-refractivity contribution in [3.8, 4) is 0 Å². The van der Waals surface area contributed by atoms with E-state index in [2.05, 4.69) is 0 Å². The van der Waals surface area contributed by atoms with Crippen molar-refractivity contribution in [1.29, 1.82) is 0 Å².